The third-order valence-corrected chi connectivity index (χ3v) is 3.67. The molecule has 0 aromatic carbocycles. The van der Waals surface area contributed by atoms with Gasteiger partial charge in [-0.25, -0.2) is 4.98 Å². The monoisotopic (exact) mass is 236 g/mol. The molecule has 96 valence electrons. The quantitative estimate of drug-likeness (QED) is 0.795. The number of imidazole rings is 1. The van der Waals surface area contributed by atoms with Gasteiger partial charge in [0, 0.05) is 38.6 Å². The van der Waals surface area contributed by atoms with Crippen molar-refractivity contribution >= 4 is 5.95 Å². The van der Waals surface area contributed by atoms with Crippen LogP contribution in [0.25, 0.3) is 0 Å². The number of hydrogen-bond donors (Lipinski definition) is 1. The fourth-order valence-electron chi connectivity index (χ4n) is 2.51. The van der Waals surface area contributed by atoms with Gasteiger partial charge in [-0.05, 0) is 32.7 Å². The van der Waals surface area contributed by atoms with Crippen LogP contribution in [0.2, 0.25) is 0 Å². The maximum atomic E-state index is 4.25. The number of likely N-dealkylation sites (tertiary alicyclic amines) is 1. The number of nitrogens with one attached hydrogen (secondary N) is 1. The van der Waals surface area contributed by atoms with Gasteiger partial charge in [-0.15, -0.1) is 0 Å². The topological polar surface area (TPSA) is 33.1 Å². The molecule has 2 rings (SSSR count). The summed E-state index contributed by atoms with van der Waals surface area (Å²) in [7, 11) is 2.02. The van der Waals surface area contributed by atoms with Gasteiger partial charge in [0.1, 0.15) is 0 Å². The summed E-state index contributed by atoms with van der Waals surface area (Å²) in [6.07, 6.45) is 9.13. The van der Waals surface area contributed by atoms with Crippen LogP contribution in [-0.4, -0.2) is 40.1 Å². The molecule has 1 unspecified atom stereocenters. The summed E-state index contributed by atoms with van der Waals surface area (Å²) < 4.78 is 2.02. The zero-order chi connectivity index (χ0) is 12.1. The van der Waals surface area contributed by atoms with Crippen molar-refractivity contribution in [1.29, 1.82) is 0 Å². The second kappa shape index (κ2) is 6.05. The van der Waals surface area contributed by atoms with Crippen molar-refractivity contribution in [1.82, 2.24) is 14.5 Å². The number of rotatable bonds is 5. The Kier molecular flexibility index (Phi) is 4.42. The fraction of sp³-hybridized carbons (Fsp3) is 0.769. The van der Waals surface area contributed by atoms with Gasteiger partial charge in [-0.3, -0.25) is 0 Å². The molecule has 1 aliphatic heterocycles. The van der Waals surface area contributed by atoms with E-state index in [4.69, 9.17) is 0 Å². The molecule has 1 saturated heterocycles. The van der Waals surface area contributed by atoms with Gasteiger partial charge in [0.05, 0.1) is 0 Å². The highest BCUT2D eigenvalue weighted by atomic mass is 15.2. The lowest BCUT2D eigenvalue weighted by molar-refractivity contribution is 0.160. The number of aromatic nitrogens is 2. The van der Waals surface area contributed by atoms with Crippen LogP contribution >= 0.6 is 0 Å². The van der Waals surface area contributed by atoms with Crippen LogP contribution in [0.5, 0.6) is 0 Å². The molecule has 1 atom stereocenters. The summed E-state index contributed by atoms with van der Waals surface area (Å²) >= 11 is 0. The predicted octanol–water partition coefficient (Wildman–Crippen LogP) is 2.10. The largest absolute Gasteiger partial charge is 0.356 e. The Hall–Kier alpha value is -1.03. The van der Waals surface area contributed by atoms with Crippen molar-refractivity contribution in [2.24, 2.45) is 7.05 Å². The first-order valence-corrected chi connectivity index (χ1v) is 6.72. The van der Waals surface area contributed by atoms with Crippen LogP contribution in [0.1, 0.15) is 32.6 Å². The number of nitrogens with zero attached hydrogens (tertiary/aromatic N) is 3. The molecule has 0 spiro atoms. The van der Waals surface area contributed by atoms with Gasteiger partial charge < -0.3 is 14.8 Å². The summed E-state index contributed by atoms with van der Waals surface area (Å²) in [5.41, 5.74) is 0. The molecule has 17 heavy (non-hydrogen) atoms. The summed E-state index contributed by atoms with van der Waals surface area (Å²) in [5, 5.41) is 3.37. The second-order valence-corrected chi connectivity index (χ2v) is 5.02. The van der Waals surface area contributed by atoms with E-state index in [2.05, 4.69) is 22.1 Å². The lowest BCUT2D eigenvalue weighted by Gasteiger charge is -2.33. The predicted molar refractivity (Wildman–Crippen MR) is 71.2 cm³/mol. The molecule has 0 saturated carbocycles. The third-order valence-electron chi connectivity index (χ3n) is 3.67. The van der Waals surface area contributed by atoms with Crippen molar-refractivity contribution in [2.45, 2.75) is 38.6 Å². The van der Waals surface area contributed by atoms with Crippen LogP contribution in [0, 0.1) is 0 Å². The highest BCUT2D eigenvalue weighted by Gasteiger charge is 2.16. The Balaban J connectivity index is 1.64. The maximum Gasteiger partial charge on any atom is 0.202 e. The van der Waals surface area contributed by atoms with E-state index in [0.29, 0.717) is 0 Å². The molecule has 1 aromatic heterocycles. The molecule has 2 heterocycles. The van der Waals surface area contributed by atoms with Crippen molar-refractivity contribution < 1.29 is 0 Å². The average molecular weight is 236 g/mol. The van der Waals surface area contributed by atoms with Crippen LogP contribution in [-0.2, 0) is 7.05 Å². The molecule has 0 aliphatic carbocycles. The first-order chi connectivity index (χ1) is 8.27. The first-order valence-electron chi connectivity index (χ1n) is 6.72. The van der Waals surface area contributed by atoms with Crippen LogP contribution in [0.3, 0.4) is 0 Å². The van der Waals surface area contributed by atoms with E-state index in [0.717, 1.165) is 18.5 Å². The lowest BCUT2D eigenvalue weighted by Crippen LogP contribution is -2.38. The van der Waals surface area contributed by atoms with Gasteiger partial charge in [0.15, 0.2) is 0 Å². The van der Waals surface area contributed by atoms with Gasteiger partial charge in [-0.1, -0.05) is 6.42 Å². The fourth-order valence-corrected chi connectivity index (χ4v) is 2.51. The number of hydrogen-bond acceptors (Lipinski definition) is 3. The summed E-state index contributed by atoms with van der Waals surface area (Å²) in [6.45, 7) is 5.85. The lowest BCUT2D eigenvalue weighted by atomic mass is 10.0. The maximum absolute atomic E-state index is 4.25. The molecule has 1 aliphatic rings. The van der Waals surface area contributed by atoms with E-state index in [9.17, 15) is 0 Å². The van der Waals surface area contributed by atoms with E-state index < -0.39 is 0 Å². The Morgan fingerprint density at radius 1 is 1.47 bits per heavy atom. The molecule has 4 nitrogen and oxygen atoms in total. The van der Waals surface area contributed by atoms with Gasteiger partial charge in [0.2, 0.25) is 5.95 Å². The normalized spacial score (nSPS) is 21.6. The minimum atomic E-state index is 0.775. The molecule has 0 radical (unpaired) electrons. The minimum absolute atomic E-state index is 0.775. The molecule has 0 bridgehead atoms. The standard InChI is InChI=1S/C13H24N4/c1-12-6-3-4-9-17(12)10-5-7-14-13-15-8-11-16(13)2/h8,11-12H,3-7,9-10H2,1-2H3,(H,14,15). The van der Waals surface area contributed by atoms with Crippen molar-refractivity contribution in [3.63, 3.8) is 0 Å². The molecular weight excluding hydrogens is 212 g/mol. The van der Waals surface area contributed by atoms with Crippen molar-refractivity contribution in [3.8, 4) is 0 Å². The molecule has 1 aromatic rings. The molecular formula is C13H24N4. The first kappa shape index (κ1) is 12.4. The van der Waals surface area contributed by atoms with Crippen molar-refractivity contribution in [2.75, 3.05) is 25.0 Å². The smallest absolute Gasteiger partial charge is 0.202 e. The Morgan fingerprint density at radius 2 is 2.35 bits per heavy atom. The van der Waals surface area contributed by atoms with E-state index in [1.807, 2.05) is 24.0 Å². The average Bonchev–Trinajstić information content (AvgIpc) is 2.73. The zero-order valence-electron chi connectivity index (χ0n) is 11.0. The summed E-state index contributed by atoms with van der Waals surface area (Å²) in [5.74, 6) is 0.969. The highest BCUT2D eigenvalue weighted by Crippen LogP contribution is 2.16. The Labute approximate surface area is 104 Å². The second-order valence-electron chi connectivity index (χ2n) is 5.02. The number of anilines is 1. The number of aryl methyl sites for hydroxylation is 1. The van der Waals surface area contributed by atoms with E-state index >= 15 is 0 Å². The molecule has 1 fully saturated rings. The van der Waals surface area contributed by atoms with E-state index in [1.165, 1.54) is 38.8 Å². The third kappa shape index (κ3) is 3.46. The summed E-state index contributed by atoms with van der Waals surface area (Å²) in [6, 6.07) is 0.775. The SMILES string of the molecule is CC1CCCCN1CCCNc1nccn1C. The number of piperidine rings is 1. The van der Waals surface area contributed by atoms with Crippen LogP contribution in [0.4, 0.5) is 5.95 Å². The molecule has 1 N–H and O–H groups in total. The summed E-state index contributed by atoms with van der Waals surface area (Å²) in [4.78, 5) is 6.87. The van der Waals surface area contributed by atoms with E-state index in [1.54, 1.807) is 0 Å². The van der Waals surface area contributed by atoms with Gasteiger partial charge >= 0.3 is 0 Å². The van der Waals surface area contributed by atoms with E-state index in [-0.39, 0.29) is 0 Å². The molecule has 4 heteroatoms. The van der Waals surface area contributed by atoms with Crippen LogP contribution < -0.4 is 5.32 Å². The molecule has 0 amide bonds. The highest BCUT2D eigenvalue weighted by molar-refractivity contribution is 5.24. The van der Waals surface area contributed by atoms with Gasteiger partial charge in [-0.2, -0.15) is 0 Å². The Bertz CT molecular complexity index is 334. The minimum Gasteiger partial charge on any atom is -0.356 e. The van der Waals surface area contributed by atoms with Gasteiger partial charge in [0.25, 0.3) is 0 Å². The van der Waals surface area contributed by atoms with Crippen molar-refractivity contribution in [3.05, 3.63) is 12.4 Å². The Morgan fingerprint density at radius 3 is 3.06 bits per heavy atom. The van der Waals surface area contributed by atoms with Crippen LogP contribution in [0.15, 0.2) is 12.4 Å². The zero-order valence-corrected chi connectivity index (χ0v) is 11.0.